The van der Waals surface area contributed by atoms with Gasteiger partial charge in [0.05, 0.1) is 5.75 Å². The summed E-state index contributed by atoms with van der Waals surface area (Å²) in [5.74, 6) is -0.572. The molecule has 0 spiro atoms. The molecule has 6 heteroatoms. The van der Waals surface area contributed by atoms with Crippen molar-refractivity contribution >= 4 is 16.0 Å². The van der Waals surface area contributed by atoms with E-state index in [4.69, 9.17) is 4.55 Å². The second-order valence-corrected chi connectivity index (χ2v) is 8.54. The van der Waals surface area contributed by atoms with Crippen LogP contribution in [-0.4, -0.2) is 31.2 Å². The number of carbonyl (C=O) groups is 1. The maximum absolute atomic E-state index is 11.5. The molecule has 0 aliphatic heterocycles. The average Bonchev–Trinajstić information content (AvgIpc) is 2.57. The van der Waals surface area contributed by atoms with Crippen LogP contribution in [0.2, 0.25) is 0 Å². The molecule has 5 nitrogen and oxygen atoms in total. The molecule has 0 heterocycles. The van der Waals surface area contributed by atoms with Gasteiger partial charge in [0, 0.05) is 13.0 Å². The van der Waals surface area contributed by atoms with Crippen LogP contribution in [0.4, 0.5) is 0 Å². The molecule has 2 N–H and O–H groups in total. The maximum atomic E-state index is 11.5. The highest BCUT2D eigenvalue weighted by Gasteiger charge is 2.06. The van der Waals surface area contributed by atoms with Crippen LogP contribution in [0, 0.1) is 0 Å². The van der Waals surface area contributed by atoms with Gasteiger partial charge in [-0.1, -0.05) is 70.4 Å². The number of rotatable bonds is 18. The van der Waals surface area contributed by atoms with Gasteiger partial charge in [0.25, 0.3) is 10.1 Å². The Balaban J connectivity index is 3.28. The van der Waals surface area contributed by atoms with E-state index in [1.807, 2.05) is 0 Å². The number of unbranched alkanes of at least 4 members (excludes halogenated alkanes) is 11. The first-order valence-electron chi connectivity index (χ1n) is 10.3. The fourth-order valence-electron chi connectivity index (χ4n) is 2.76. The van der Waals surface area contributed by atoms with Crippen LogP contribution in [0.15, 0.2) is 12.2 Å². The van der Waals surface area contributed by atoms with Crippen molar-refractivity contribution < 1.29 is 17.8 Å². The molecule has 0 rings (SSSR count). The number of allylic oxidation sites excluding steroid dienone is 2. The first-order valence-corrected chi connectivity index (χ1v) is 11.9. The van der Waals surface area contributed by atoms with Crippen molar-refractivity contribution in [3.8, 4) is 0 Å². The van der Waals surface area contributed by atoms with Crippen molar-refractivity contribution in [3.63, 3.8) is 0 Å². The van der Waals surface area contributed by atoms with Gasteiger partial charge in [-0.3, -0.25) is 9.35 Å². The topological polar surface area (TPSA) is 83.5 Å². The second kappa shape index (κ2) is 17.5. The molecular weight excluding hydrogens is 350 g/mol. The SMILES string of the molecule is CCCCCCCC/C=C\CCCCCCCC(=O)NCCS(=O)(=O)O. The van der Waals surface area contributed by atoms with E-state index in [0.29, 0.717) is 6.42 Å². The normalized spacial score (nSPS) is 11.9. The van der Waals surface area contributed by atoms with Gasteiger partial charge in [0.15, 0.2) is 0 Å². The van der Waals surface area contributed by atoms with Gasteiger partial charge in [-0.2, -0.15) is 8.42 Å². The Hall–Kier alpha value is -0.880. The fourth-order valence-corrected chi connectivity index (χ4v) is 3.12. The molecule has 0 aromatic rings. The van der Waals surface area contributed by atoms with Crippen LogP contribution in [0.25, 0.3) is 0 Å². The molecule has 0 aliphatic rings. The summed E-state index contributed by atoms with van der Waals surface area (Å²) < 4.78 is 29.6. The Morgan fingerprint density at radius 1 is 0.846 bits per heavy atom. The van der Waals surface area contributed by atoms with Crippen LogP contribution < -0.4 is 5.32 Å². The first kappa shape index (κ1) is 25.1. The van der Waals surface area contributed by atoms with Crippen LogP contribution in [0.3, 0.4) is 0 Å². The Labute approximate surface area is 160 Å². The minimum Gasteiger partial charge on any atom is -0.355 e. The van der Waals surface area contributed by atoms with Crippen molar-refractivity contribution in [2.75, 3.05) is 12.3 Å². The Morgan fingerprint density at radius 2 is 1.35 bits per heavy atom. The number of nitrogens with one attached hydrogen (secondary N) is 1. The van der Waals surface area contributed by atoms with E-state index >= 15 is 0 Å². The van der Waals surface area contributed by atoms with Crippen molar-refractivity contribution in [1.82, 2.24) is 5.32 Å². The third-order valence-electron chi connectivity index (χ3n) is 4.35. The number of hydrogen-bond acceptors (Lipinski definition) is 3. The molecule has 0 aliphatic carbocycles. The summed E-state index contributed by atoms with van der Waals surface area (Å²) >= 11 is 0. The lowest BCUT2D eigenvalue weighted by molar-refractivity contribution is -0.121. The number of hydrogen-bond donors (Lipinski definition) is 2. The van der Waals surface area contributed by atoms with Crippen molar-refractivity contribution in [1.29, 1.82) is 0 Å². The van der Waals surface area contributed by atoms with Gasteiger partial charge >= 0.3 is 0 Å². The zero-order valence-electron chi connectivity index (χ0n) is 16.5. The molecule has 0 aromatic carbocycles. The lowest BCUT2D eigenvalue weighted by Gasteiger charge is -2.04. The van der Waals surface area contributed by atoms with Gasteiger partial charge in [-0.25, -0.2) is 0 Å². The number of amides is 1. The van der Waals surface area contributed by atoms with Crippen LogP contribution in [0.5, 0.6) is 0 Å². The molecule has 0 unspecified atom stereocenters. The molecule has 0 radical (unpaired) electrons. The largest absolute Gasteiger partial charge is 0.355 e. The lowest BCUT2D eigenvalue weighted by Crippen LogP contribution is -2.28. The highest BCUT2D eigenvalue weighted by atomic mass is 32.2. The molecule has 0 saturated carbocycles. The van der Waals surface area contributed by atoms with Gasteiger partial charge in [-0.05, 0) is 32.1 Å². The van der Waals surface area contributed by atoms with E-state index in [2.05, 4.69) is 24.4 Å². The maximum Gasteiger partial charge on any atom is 0.266 e. The van der Waals surface area contributed by atoms with E-state index < -0.39 is 15.9 Å². The summed E-state index contributed by atoms with van der Waals surface area (Å²) in [5.41, 5.74) is 0. The molecule has 1 amide bonds. The smallest absolute Gasteiger partial charge is 0.266 e. The third-order valence-corrected chi connectivity index (χ3v) is 5.07. The van der Waals surface area contributed by atoms with Crippen LogP contribution in [0.1, 0.15) is 96.8 Å². The highest BCUT2D eigenvalue weighted by molar-refractivity contribution is 7.85. The van der Waals surface area contributed by atoms with E-state index in [0.717, 1.165) is 25.7 Å². The molecule has 0 aromatic heterocycles. The minimum absolute atomic E-state index is 0.0251. The summed E-state index contributed by atoms with van der Waals surface area (Å²) in [6.07, 6.45) is 20.9. The van der Waals surface area contributed by atoms with Gasteiger partial charge in [-0.15, -0.1) is 0 Å². The Morgan fingerprint density at radius 3 is 1.88 bits per heavy atom. The fraction of sp³-hybridized carbons (Fsp3) is 0.850. The quantitative estimate of drug-likeness (QED) is 0.196. The molecule has 0 saturated heterocycles. The van der Waals surface area contributed by atoms with Crippen molar-refractivity contribution in [2.24, 2.45) is 0 Å². The first-order chi connectivity index (χ1) is 12.5. The zero-order valence-corrected chi connectivity index (χ0v) is 17.4. The van der Waals surface area contributed by atoms with Crippen molar-refractivity contribution in [2.45, 2.75) is 96.8 Å². The summed E-state index contributed by atoms with van der Waals surface area (Å²) in [6.45, 7) is 2.22. The van der Waals surface area contributed by atoms with Gasteiger partial charge in [0.1, 0.15) is 0 Å². The lowest BCUT2D eigenvalue weighted by atomic mass is 10.1. The molecule has 0 fully saturated rings. The summed E-state index contributed by atoms with van der Waals surface area (Å²) in [4.78, 5) is 11.5. The molecule has 26 heavy (non-hydrogen) atoms. The monoisotopic (exact) mass is 389 g/mol. The summed E-state index contributed by atoms with van der Waals surface area (Å²) in [7, 11) is -3.99. The van der Waals surface area contributed by atoms with Crippen LogP contribution in [-0.2, 0) is 14.9 Å². The van der Waals surface area contributed by atoms with Gasteiger partial charge < -0.3 is 5.32 Å². The zero-order chi connectivity index (χ0) is 19.5. The number of carbonyl (C=O) groups excluding carboxylic acids is 1. The van der Waals surface area contributed by atoms with E-state index in [9.17, 15) is 13.2 Å². The Kier molecular flexibility index (Phi) is 16.9. The summed E-state index contributed by atoms with van der Waals surface area (Å²) in [5, 5.41) is 2.50. The van der Waals surface area contributed by atoms with E-state index in [1.54, 1.807) is 0 Å². The predicted molar refractivity (Wildman–Crippen MR) is 109 cm³/mol. The van der Waals surface area contributed by atoms with Crippen LogP contribution >= 0.6 is 0 Å². The Bertz CT molecular complexity index is 460. The molecule has 154 valence electrons. The predicted octanol–water partition coefficient (Wildman–Crippen LogP) is 5.03. The van der Waals surface area contributed by atoms with Gasteiger partial charge in [0.2, 0.25) is 5.91 Å². The van der Waals surface area contributed by atoms with Crippen molar-refractivity contribution in [3.05, 3.63) is 12.2 Å². The van der Waals surface area contributed by atoms with E-state index in [-0.39, 0.29) is 12.5 Å². The van der Waals surface area contributed by atoms with E-state index in [1.165, 1.54) is 57.8 Å². The summed E-state index contributed by atoms with van der Waals surface area (Å²) in [6, 6.07) is 0. The minimum atomic E-state index is -3.99. The molecule has 0 bridgehead atoms. The second-order valence-electron chi connectivity index (χ2n) is 6.97. The standard InChI is InChI=1S/C20H39NO4S/c1-2-3-4-5-6-7-8-9-10-11-12-13-14-15-16-17-20(22)21-18-19-26(23,24)25/h9-10H,2-8,11-19H2,1H3,(H,21,22)(H,23,24,25)/b10-9-. The highest BCUT2D eigenvalue weighted by Crippen LogP contribution is 2.09. The average molecular weight is 390 g/mol. The molecular formula is C20H39NO4S. The molecule has 0 atom stereocenters. The third kappa shape index (κ3) is 21.2.